The lowest BCUT2D eigenvalue weighted by Gasteiger charge is -2.02. The van der Waals surface area contributed by atoms with Crippen LogP contribution in [0.1, 0.15) is 5.56 Å². The Morgan fingerprint density at radius 3 is 2.79 bits per heavy atom. The fourth-order valence-corrected chi connectivity index (χ4v) is 1.96. The number of fused-ring (bicyclic) bond motifs is 1. The van der Waals surface area contributed by atoms with E-state index in [2.05, 4.69) is 16.0 Å². The monoisotopic (exact) mass is 247 g/mol. The van der Waals surface area contributed by atoms with Gasteiger partial charge in [0, 0.05) is 5.56 Å². The minimum Gasteiger partial charge on any atom is -0.319 e. The number of para-hydroxylation sites is 2. The number of nitrogens with zero attached hydrogens (tertiary/aromatic N) is 2. The number of nitrogens with one attached hydrogen (secondary N) is 1. The Morgan fingerprint density at radius 1 is 1.11 bits per heavy atom. The van der Waals surface area contributed by atoms with Crippen LogP contribution >= 0.6 is 0 Å². The molecule has 90 valence electrons. The van der Waals surface area contributed by atoms with E-state index >= 15 is 0 Å². The highest BCUT2D eigenvalue weighted by molar-refractivity contribution is 5.77. The van der Waals surface area contributed by atoms with Crippen LogP contribution in [0.15, 0.2) is 53.3 Å². The van der Waals surface area contributed by atoms with Gasteiger partial charge in [-0.2, -0.15) is 5.26 Å². The average Bonchev–Trinajstić information content (AvgIpc) is 2.46. The Morgan fingerprint density at radius 2 is 1.95 bits per heavy atom. The van der Waals surface area contributed by atoms with Crippen LogP contribution in [0.2, 0.25) is 0 Å². The Balaban J connectivity index is 2.27. The molecule has 1 heterocycles. The number of aromatic amines is 1. The van der Waals surface area contributed by atoms with Crippen molar-refractivity contribution in [2.75, 3.05) is 0 Å². The van der Waals surface area contributed by atoms with Crippen molar-refractivity contribution in [2.24, 2.45) is 0 Å². The lowest BCUT2D eigenvalue weighted by Crippen LogP contribution is -2.11. The van der Waals surface area contributed by atoms with Crippen LogP contribution < -0.4 is 5.56 Å². The number of aromatic nitrogens is 2. The summed E-state index contributed by atoms with van der Waals surface area (Å²) >= 11 is 0. The summed E-state index contributed by atoms with van der Waals surface area (Å²) in [6, 6.07) is 16.3. The molecule has 4 nitrogen and oxygen atoms in total. The fourth-order valence-electron chi connectivity index (χ4n) is 1.96. The largest absolute Gasteiger partial charge is 0.319 e. The molecule has 3 rings (SSSR count). The summed E-state index contributed by atoms with van der Waals surface area (Å²) in [5.41, 5.74) is 2.65. The van der Waals surface area contributed by atoms with Gasteiger partial charge in [0.15, 0.2) is 0 Å². The van der Waals surface area contributed by atoms with Crippen LogP contribution in [0.5, 0.6) is 0 Å². The molecule has 0 atom stereocenters. The molecule has 4 heteroatoms. The third kappa shape index (κ3) is 1.98. The molecule has 0 bridgehead atoms. The van der Waals surface area contributed by atoms with Gasteiger partial charge in [0.05, 0.1) is 22.7 Å². The van der Waals surface area contributed by atoms with Crippen LogP contribution in [-0.4, -0.2) is 9.97 Å². The van der Waals surface area contributed by atoms with E-state index in [1.807, 2.05) is 18.2 Å². The number of hydrogen-bond donors (Lipinski definition) is 1. The van der Waals surface area contributed by atoms with Gasteiger partial charge in [0.25, 0.3) is 5.56 Å². The van der Waals surface area contributed by atoms with E-state index in [-0.39, 0.29) is 5.56 Å². The molecule has 0 aliphatic rings. The van der Waals surface area contributed by atoms with E-state index in [4.69, 9.17) is 5.26 Å². The van der Waals surface area contributed by atoms with E-state index in [0.29, 0.717) is 22.3 Å². The first-order valence-corrected chi connectivity index (χ1v) is 5.77. The highest BCUT2D eigenvalue weighted by Gasteiger charge is 2.07. The summed E-state index contributed by atoms with van der Waals surface area (Å²) in [5.74, 6) is 0. The van der Waals surface area contributed by atoms with Crippen molar-refractivity contribution in [3.05, 3.63) is 64.4 Å². The first-order chi connectivity index (χ1) is 9.28. The maximum absolute atomic E-state index is 12.0. The minimum atomic E-state index is -0.256. The van der Waals surface area contributed by atoms with Crippen molar-refractivity contribution in [1.82, 2.24) is 9.97 Å². The van der Waals surface area contributed by atoms with Gasteiger partial charge >= 0.3 is 0 Å². The van der Waals surface area contributed by atoms with Crippen LogP contribution in [-0.2, 0) is 0 Å². The van der Waals surface area contributed by atoms with Gasteiger partial charge in [-0.15, -0.1) is 0 Å². The number of H-pyrrole nitrogens is 1. The molecule has 2 aromatic carbocycles. The van der Waals surface area contributed by atoms with Gasteiger partial charge in [-0.3, -0.25) is 4.79 Å². The van der Waals surface area contributed by atoms with Gasteiger partial charge in [0.1, 0.15) is 5.69 Å². The third-order valence-corrected chi connectivity index (χ3v) is 2.86. The number of rotatable bonds is 1. The van der Waals surface area contributed by atoms with Crippen molar-refractivity contribution < 1.29 is 0 Å². The second-order valence-electron chi connectivity index (χ2n) is 4.12. The molecule has 1 N–H and O–H groups in total. The van der Waals surface area contributed by atoms with Crippen LogP contribution in [0.3, 0.4) is 0 Å². The Bertz CT molecular complexity index is 859. The summed E-state index contributed by atoms with van der Waals surface area (Å²) < 4.78 is 0. The fraction of sp³-hybridized carbons (Fsp3) is 0. The molecule has 0 amide bonds. The zero-order valence-electron chi connectivity index (χ0n) is 9.92. The van der Waals surface area contributed by atoms with Crippen molar-refractivity contribution in [3.63, 3.8) is 0 Å². The first-order valence-electron chi connectivity index (χ1n) is 5.77. The smallest absolute Gasteiger partial charge is 0.274 e. The second kappa shape index (κ2) is 4.39. The van der Waals surface area contributed by atoms with Crippen molar-refractivity contribution >= 4 is 11.0 Å². The molecule has 3 aromatic rings. The summed E-state index contributed by atoms with van der Waals surface area (Å²) in [6.07, 6.45) is 0. The molecular formula is C15H9N3O. The maximum Gasteiger partial charge on any atom is 0.274 e. The molecule has 0 aliphatic carbocycles. The van der Waals surface area contributed by atoms with Gasteiger partial charge in [-0.25, -0.2) is 4.98 Å². The minimum absolute atomic E-state index is 0.256. The topological polar surface area (TPSA) is 69.5 Å². The van der Waals surface area contributed by atoms with Crippen LogP contribution in [0.4, 0.5) is 0 Å². The van der Waals surface area contributed by atoms with E-state index < -0.39 is 0 Å². The molecule has 0 saturated heterocycles. The van der Waals surface area contributed by atoms with Crippen LogP contribution in [0.25, 0.3) is 22.3 Å². The molecule has 0 saturated carbocycles. The number of benzene rings is 2. The van der Waals surface area contributed by atoms with Crippen LogP contribution in [0, 0.1) is 11.3 Å². The number of nitriles is 1. The van der Waals surface area contributed by atoms with Crippen molar-refractivity contribution in [3.8, 4) is 17.3 Å². The maximum atomic E-state index is 12.0. The highest BCUT2D eigenvalue weighted by Crippen LogP contribution is 2.16. The molecule has 0 radical (unpaired) electrons. The SMILES string of the molecule is N#Cc1cccc(-c2nc3ccccc3[nH]c2=O)c1. The standard InChI is InChI=1S/C15H9N3O/c16-9-10-4-3-5-11(8-10)14-15(19)18-13-7-2-1-6-12(13)17-14/h1-8H,(H,18,19). The average molecular weight is 247 g/mol. The van der Waals surface area contributed by atoms with E-state index in [0.717, 1.165) is 5.52 Å². The molecule has 1 aromatic heterocycles. The molecule has 19 heavy (non-hydrogen) atoms. The van der Waals surface area contributed by atoms with Crippen molar-refractivity contribution in [2.45, 2.75) is 0 Å². The lowest BCUT2D eigenvalue weighted by atomic mass is 10.1. The lowest BCUT2D eigenvalue weighted by molar-refractivity contribution is 1.22. The predicted molar refractivity (Wildman–Crippen MR) is 72.5 cm³/mol. The predicted octanol–water partition coefficient (Wildman–Crippen LogP) is 2.46. The van der Waals surface area contributed by atoms with Gasteiger partial charge in [0.2, 0.25) is 0 Å². The van der Waals surface area contributed by atoms with Gasteiger partial charge < -0.3 is 4.98 Å². The van der Waals surface area contributed by atoms with E-state index in [1.165, 1.54) is 0 Å². The van der Waals surface area contributed by atoms with Crippen molar-refractivity contribution in [1.29, 1.82) is 5.26 Å². The van der Waals surface area contributed by atoms with E-state index in [9.17, 15) is 4.79 Å². The Kier molecular flexibility index (Phi) is 2.58. The summed E-state index contributed by atoms with van der Waals surface area (Å²) in [6.45, 7) is 0. The zero-order valence-corrected chi connectivity index (χ0v) is 9.92. The normalized spacial score (nSPS) is 10.3. The molecule has 0 spiro atoms. The van der Waals surface area contributed by atoms with Gasteiger partial charge in [-0.05, 0) is 24.3 Å². The summed E-state index contributed by atoms with van der Waals surface area (Å²) in [7, 11) is 0. The molecule has 0 unspecified atom stereocenters. The zero-order chi connectivity index (χ0) is 13.2. The molecular weight excluding hydrogens is 238 g/mol. The first kappa shape index (κ1) is 11.2. The van der Waals surface area contributed by atoms with E-state index in [1.54, 1.807) is 30.3 Å². The Hall–Kier alpha value is -2.93. The van der Waals surface area contributed by atoms with Gasteiger partial charge in [-0.1, -0.05) is 24.3 Å². The molecule has 0 fully saturated rings. The number of hydrogen-bond acceptors (Lipinski definition) is 3. The summed E-state index contributed by atoms with van der Waals surface area (Å²) in [5, 5.41) is 8.89. The third-order valence-electron chi connectivity index (χ3n) is 2.86. The second-order valence-corrected chi connectivity index (χ2v) is 4.12. The highest BCUT2D eigenvalue weighted by atomic mass is 16.1. The summed E-state index contributed by atoms with van der Waals surface area (Å²) in [4.78, 5) is 19.2. The molecule has 0 aliphatic heterocycles. The Labute approximate surface area is 109 Å². The quantitative estimate of drug-likeness (QED) is 0.718.